The average Bonchev–Trinajstić information content (AvgIpc) is 3.09. The molecule has 0 N–H and O–H groups in total. The van der Waals surface area contributed by atoms with Crippen LogP contribution in [0.4, 0.5) is 4.39 Å². The number of hydrogen-bond donors (Lipinski definition) is 0. The van der Waals surface area contributed by atoms with Gasteiger partial charge >= 0.3 is 0 Å². The smallest absolute Gasteiger partial charge is 0.123 e. The van der Waals surface area contributed by atoms with Crippen molar-refractivity contribution in [2.24, 2.45) is 0 Å². The average molecular weight is 287 g/mol. The minimum atomic E-state index is -0.155. The molecule has 0 saturated carbocycles. The van der Waals surface area contributed by atoms with E-state index in [2.05, 4.69) is 23.1 Å². The molecule has 3 nitrogen and oxygen atoms in total. The molecule has 0 spiro atoms. The van der Waals surface area contributed by atoms with Crippen LogP contribution in [0, 0.1) is 12.7 Å². The quantitative estimate of drug-likeness (QED) is 0.838. The van der Waals surface area contributed by atoms with E-state index in [0.29, 0.717) is 6.04 Å². The van der Waals surface area contributed by atoms with Crippen LogP contribution in [0.3, 0.4) is 0 Å². The van der Waals surface area contributed by atoms with E-state index in [1.165, 1.54) is 24.0 Å². The Morgan fingerprint density at radius 3 is 2.76 bits per heavy atom. The fourth-order valence-corrected chi connectivity index (χ4v) is 3.18. The molecule has 112 valence electrons. The van der Waals surface area contributed by atoms with Gasteiger partial charge in [0.2, 0.25) is 0 Å². The van der Waals surface area contributed by atoms with E-state index in [1.807, 2.05) is 23.0 Å². The number of hydrogen-bond acceptors (Lipinski definition) is 2. The Balaban J connectivity index is 1.55. The minimum absolute atomic E-state index is 0.155. The topological polar surface area (TPSA) is 21.1 Å². The second kappa shape index (κ2) is 6.39. The summed E-state index contributed by atoms with van der Waals surface area (Å²) in [5, 5.41) is 4.32. The molecule has 0 bridgehead atoms. The van der Waals surface area contributed by atoms with Crippen LogP contribution in [0.25, 0.3) is 0 Å². The lowest BCUT2D eigenvalue weighted by Gasteiger charge is -2.24. The molecular weight excluding hydrogens is 265 g/mol. The Bertz CT molecular complexity index is 576. The molecule has 2 aromatic rings. The molecule has 1 aromatic heterocycles. The zero-order chi connectivity index (χ0) is 14.7. The molecule has 2 heterocycles. The van der Waals surface area contributed by atoms with E-state index in [9.17, 15) is 4.39 Å². The third-order valence-electron chi connectivity index (χ3n) is 4.21. The third-order valence-corrected chi connectivity index (χ3v) is 4.21. The van der Waals surface area contributed by atoms with Crippen molar-refractivity contribution < 1.29 is 4.39 Å². The highest BCUT2D eigenvalue weighted by molar-refractivity contribution is 5.20. The molecule has 1 aliphatic rings. The van der Waals surface area contributed by atoms with Gasteiger partial charge in [0.05, 0.1) is 6.20 Å². The maximum absolute atomic E-state index is 13.0. The summed E-state index contributed by atoms with van der Waals surface area (Å²) >= 11 is 0. The Hall–Kier alpha value is -1.68. The van der Waals surface area contributed by atoms with Crippen LogP contribution in [-0.2, 0) is 6.54 Å². The predicted octanol–water partition coefficient (Wildman–Crippen LogP) is 3.56. The fourth-order valence-electron chi connectivity index (χ4n) is 3.18. The van der Waals surface area contributed by atoms with Gasteiger partial charge in [-0.25, -0.2) is 4.39 Å². The van der Waals surface area contributed by atoms with Gasteiger partial charge in [-0.2, -0.15) is 5.10 Å². The minimum Gasteiger partial charge on any atom is -0.296 e. The number of benzene rings is 1. The van der Waals surface area contributed by atoms with Crippen molar-refractivity contribution >= 4 is 0 Å². The molecule has 1 aliphatic heterocycles. The lowest BCUT2D eigenvalue weighted by molar-refractivity contribution is 0.247. The lowest BCUT2D eigenvalue weighted by atomic mass is 10.0. The van der Waals surface area contributed by atoms with Crippen molar-refractivity contribution in [1.82, 2.24) is 14.7 Å². The standard InChI is InChI=1S/C17H22FN3/c1-14-12-19-21(13-14)11-3-10-20-9-2-4-17(20)15-5-7-16(18)8-6-15/h5-8,12-13,17H,2-4,9-11H2,1H3/t17-/m1/s1. The second-order valence-corrected chi connectivity index (χ2v) is 5.88. The fraction of sp³-hybridized carbons (Fsp3) is 0.471. The van der Waals surface area contributed by atoms with E-state index in [0.717, 1.165) is 26.1 Å². The number of aromatic nitrogens is 2. The number of nitrogens with zero attached hydrogens (tertiary/aromatic N) is 3. The summed E-state index contributed by atoms with van der Waals surface area (Å²) in [4.78, 5) is 2.52. The molecule has 21 heavy (non-hydrogen) atoms. The van der Waals surface area contributed by atoms with E-state index in [-0.39, 0.29) is 5.82 Å². The normalized spacial score (nSPS) is 19.2. The Kier molecular flexibility index (Phi) is 4.34. The summed E-state index contributed by atoms with van der Waals surface area (Å²) in [5.74, 6) is -0.155. The first-order valence-corrected chi connectivity index (χ1v) is 7.71. The van der Waals surface area contributed by atoms with E-state index < -0.39 is 0 Å². The number of aryl methyl sites for hydroxylation is 2. The van der Waals surface area contributed by atoms with Gasteiger partial charge in [-0.1, -0.05) is 12.1 Å². The van der Waals surface area contributed by atoms with Crippen molar-refractivity contribution in [3.05, 3.63) is 53.6 Å². The molecular formula is C17H22FN3. The van der Waals surface area contributed by atoms with Crippen molar-refractivity contribution in [2.45, 2.75) is 38.8 Å². The maximum Gasteiger partial charge on any atom is 0.123 e. The van der Waals surface area contributed by atoms with Crippen molar-refractivity contribution in [3.63, 3.8) is 0 Å². The first-order valence-electron chi connectivity index (χ1n) is 7.71. The molecule has 0 amide bonds. The van der Waals surface area contributed by atoms with Gasteiger partial charge in [-0.3, -0.25) is 9.58 Å². The summed E-state index contributed by atoms with van der Waals surface area (Å²) < 4.78 is 15.1. The monoisotopic (exact) mass is 287 g/mol. The van der Waals surface area contributed by atoms with Gasteiger partial charge in [0.1, 0.15) is 5.82 Å². The van der Waals surface area contributed by atoms with Gasteiger partial charge in [-0.05, 0) is 56.0 Å². The van der Waals surface area contributed by atoms with E-state index in [1.54, 1.807) is 12.1 Å². The highest BCUT2D eigenvalue weighted by atomic mass is 19.1. The van der Waals surface area contributed by atoms with Gasteiger partial charge in [0.25, 0.3) is 0 Å². The first-order chi connectivity index (χ1) is 10.2. The lowest BCUT2D eigenvalue weighted by Crippen LogP contribution is -2.25. The van der Waals surface area contributed by atoms with Crippen molar-refractivity contribution in [2.75, 3.05) is 13.1 Å². The third kappa shape index (κ3) is 3.50. The largest absolute Gasteiger partial charge is 0.296 e. The van der Waals surface area contributed by atoms with Crippen LogP contribution in [-0.4, -0.2) is 27.8 Å². The van der Waals surface area contributed by atoms with Crippen LogP contribution in [0.15, 0.2) is 36.7 Å². The molecule has 4 heteroatoms. The Labute approximate surface area is 125 Å². The SMILES string of the molecule is Cc1cnn(CCCN2CCC[C@@H]2c2ccc(F)cc2)c1. The van der Waals surface area contributed by atoms with E-state index >= 15 is 0 Å². The maximum atomic E-state index is 13.0. The molecule has 3 rings (SSSR count). The van der Waals surface area contributed by atoms with Crippen LogP contribution < -0.4 is 0 Å². The molecule has 1 saturated heterocycles. The van der Waals surface area contributed by atoms with Crippen LogP contribution in [0.1, 0.15) is 36.4 Å². The summed E-state index contributed by atoms with van der Waals surface area (Å²) in [6.45, 7) is 5.23. The van der Waals surface area contributed by atoms with Crippen molar-refractivity contribution in [3.8, 4) is 0 Å². The highest BCUT2D eigenvalue weighted by Crippen LogP contribution is 2.31. The molecule has 0 radical (unpaired) electrons. The van der Waals surface area contributed by atoms with Gasteiger partial charge in [0, 0.05) is 25.3 Å². The number of rotatable bonds is 5. The molecule has 0 unspecified atom stereocenters. The van der Waals surface area contributed by atoms with Gasteiger partial charge in [0.15, 0.2) is 0 Å². The van der Waals surface area contributed by atoms with Gasteiger partial charge < -0.3 is 0 Å². The summed E-state index contributed by atoms with van der Waals surface area (Å²) in [6, 6.07) is 7.44. The predicted molar refractivity (Wildman–Crippen MR) is 81.5 cm³/mol. The van der Waals surface area contributed by atoms with Crippen LogP contribution in [0.5, 0.6) is 0 Å². The van der Waals surface area contributed by atoms with E-state index in [4.69, 9.17) is 0 Å². The summed E-state index contributed by atoms with van der Waals surface area (Å²) in [6.07, 6.45) is 7.48. The van der Waals surface area contributed by atoms with Crippen molar-refractivity contribution in [1.29, 1.82) is 0 Å². The molecule has 0 aliphatic carbocycles. The van der Waals surface area contributed by atoms with Crippen LogP contribution in [0.2, 0.25) is 0 Å². The summed E-state index contributed by atoms with van der Waals surface area (Å²) in [5.41, 5.74) is 2.45. The summed E-state index contributed by atoms with van der Waals surface area (Å²) in [7, 11) is 0. The number of halogens is 1. The van der Waals surface area contributed by atoms with Gasteiger partial charge in [-0.15, -0.1) is 0 Å². The second-order valence-electron chi connectivity index (χ2n) is 5.88. The first kappa shape index (κ1) is 14.3. The number of likely N-dealkylation sites (tertiary alicyclic amines) is 1. The Morgan fingerprint density at radius 1 is 1.24 bits per heavy atom. The highest BCUT2D eigenvalue weighted by Gasteiger charge is 2.25. The molecule has 1 atom stereocenters. The molecule has 1 fully saturated rings. The zero-order valence-electron chi connectivity index (χ0n) is 12.5. The zero-order valence-corrected chi connectivity index (χ0v) is 12.5. The van der Waals surface area contributed by atoms with Crippen LogP contribution >= 0.6 is 0 Å². The molecule has 1 aromatic carbocycles. The Morgan fingerprint density at radius 2 is 2.05 bits per heavy atom.